The molecule has 1 unspecified atom stereocenters. The number of nitrogens with zero attached hydrogens (tertiary/aromatic N) is 1. The van der Waals surface area contributed by atoms with Gasteiger partial charge in [-0.05, 0) is 30.5 Å². The highest BCUT2D eigenvalue weighted by Crippen LogP contribution is 2.33. The van der Waals surface area contributed by atoms with E-state index in [1.54, 1.807) is 12.1 Å². The third-order valence-corrected chi connectivity index (χ3v) is 3.89. The maximum absolute atomic E-state index is 12.8. The minimum Gasteiger partial charge on any atom is -0.497 e. The topological polar surface area (TPSA) is 38.8 Å². The van der Waals surface area contributed by atoms with Crippen LogP contribution in [-0.4, -0.2) is 50.0 Å². The first-order valence-corrected chi connectivity index (χ1v) is 7.52. The number of methoxy groups -OCH3 is 1. The lowest BCUT2D eigenvalue weighted by Crippen LogP contribution is -2.37. The van der Waals surface area contributed by atoms with Crippen molar-refractivity contribution in [3.05, 3.63) is 29.8 Å². The highest BCUT2D eigenvalue weighted by atomic mass is 19.3. The number of rotatable bonds is 7. The number of benzene rings is 1. The molecule has 1 saturated heterocycles. The smallest absolute Gasteiger partial charge is 0.330 e. The van der Waals surface area contributed by atoms with Crippen LogP contribution in [0.3, 0.4) is 0 Å². The molecule has 4 nitrogen and oxygen atoms in total. The molecule has 1 aromatic carbocycles. The van der Waals surface area contributed by atoms with Crippen molar-refractivity contribution in [3.63, 3.8) is 0 Å². The first-order valence-electron chi connectivity index (χ1n) is 7.52. The van der Waals surface area contributed by atoms with Crippen LogP contribution in [0.5, 0.6) is 5.75 Å². The number of ether oxygens (including phenoxy) is 2. The summed E-state index contributed by atoms with van der Waals surface area (Å²) < 4.78 is 59.4. The molecule has 1 aliphatic heterocycles. The summed E-state index contributed by atoms with van der Waals surface area (Å²) in [6.07, 6.45) is -2.32. The van der Waals surface area contributed by atoms with E-state index < -0.39 is 31.5 Å². The van der Waals surface area contributed by atoms with E-state index in [1.165, 1.54) is 12.0 Å². The Bertz CT molecular complexity index is 568. The van der Waals surface area contributed by atoms with Crippen LogP contribution in [0.4, 0.5) is 17.6 Å². The molecule has 0 spiro atoms. The summed E-state index contributed by atoms with van der Waals surface area (Å²) in [7, 11) is 1.54. The first kappa shape index (κ1) is 18.5. The van der Waals surface area contributed by atoms with Crippen molar-refractivity contribution >= 4 is 5.91 Å². The second-order valence-electron chi connectivity index (χ2n) is 5.58. The van der Waals surface area contributed by atoms with Crippen LogP contribution in [0.2, 0.25) is 0 Å². The zero-order chi connectivity index (χ0) is 17.7. The quantitative estimate of drug-likeness (QED) is 0.709. The third kappa shape index (κ3) is 4.37. The molecule has 1 aromatic rings. The SMILES string of the molecule is COc1cccc(C2CCCN2C(=O)COCC(F)(F)C(F)F)c1. The van der Waals surface area contributed by atoms with Gasteiger partial charge in [-0.2, -0.15) is 8.78 Å². The largest absolute Gasteiger partial charge is 0.497 e. The van der Waals surface area contributed by atoms with Crippen LogP contribution in [0.25, 0.3) is 0 Å². The highest BCUT2D eigenvalue weighted by Gasteiger charge is 2.41. The lowest BCUT2D eigenvalue weighted by atomic mass is 10.0. The second kappa shape index (κ2) is 7.83. The molecule has 8 heteroatoms. The molecular weight excluding hydrogens is 330 g/mol. The fraction of sp³-hybridized carbons (Fsp3) is 0.562. The van der Waals surface area contributed by atoms with Crippen molar-refractivity contribution in [2.45, 2.75) is 31.2 Å². The van der Waals surface area contributed by atoms with Crippen molar-refractivity contribution in [1.29, 1.82) is 0 Å². The van der Waals surface area contributed by atoms with Gasteiger partial charge in [0.1, 0.15) is 19.0 Å². The minimum atomic E-state index is -4.25. The molecular formula is C16H19F4NO3. The fourth-order valence-electron chi connectivity index (χ4n) is 2.68. The number of likely N-dealkylation sites (tertiary alicyclic amines) is 1. The van der Waals surface area contributed by atoms with Gasteiger partial charge in [-0.25, -0.2) is 8.78 Å². The predicted molar refractivity (Wildman–Crippen MR) is 78.5 cm³/mol. The van der Waals surface area contributed by atoms with E-state index in [-0.39, 0.29) is 6.04 Å². The zero-order valence-corrected chi connectivity index (χ0v) is 13.2. The molecule has 0 aliphatic carbocycles. The maximum Gasteiger partial charge on any atom is 0.330 e. The molecule has 0 N–H and O–H groups in total. The van der Waals surface area contributed by atoms with Crippen molar-refractivity contribution < 1.29 is 31.8 Å². The molecule has 0 radical (unpaired) electrons. The van der Waals surface area contributed by atoms with E-state index in [9.17, 15) is 22.4 Å². The van der Waals surface area contributed by atoms with Crippen LogP contribution in [0.1, 0.15) is 24.4 Å². The van der Waals surface area contributed by atoms with Gasteiger partial charge >= 0.3 is 12.3 Å². The van der Waals surface area contributed by atoms with Gasteiger partial charge in [-0.3, -0.25) is 4.79 Å². The Balaban J connectivity index is 1.96. The number of halogens is 4. The van der Waals surface area contributed by atoms with Gasteiger partial charge in [0.2, 0.25) is 5.91 Å². The Hall–Kier alpha value is -1.83. The Morgan fingerprint density at radius 2 is 2.17 bits per heavy atom. The van der Waals surface area contributed by atoms with Crippen LogP contribution >= 0.6 is 0 Å². The van der Waals surface area contributed by atoms with Crippen molar-refractivity contribution in [2.24, 2.45) is 0 Å². The number of carbonyl (C=O) groups is 1. The standard InChI is InChI=1S/C16H19F4NO3/c1-23-12-5-2-4-11(8-12)13-6-3-7-21(13)14(22)9-24-10-16(19,20)15(17)18/h2,4-5,8,13,15H,3,6-7,9-10H2,1H3. The van der Waals surface area contributed by atoms with E-state index in [2.05, 4.69) is 4.74 Å². The number of hydrogen-bond donors (Lipinski definition) is 0. The number of hydrogen-bond acceptors (Lipinski definition) is 3. The molecule has 0 bridgehead atoms. The predicted octanol–water partition coefficient (Wildman–Crippen LogP) is 3.28. The van der Waals surface area contributed by atoms with Gasteiger partial charge in [0.05, 0.1) is 13.2 Å². The first-order chi connectivity index (χ1) is 11.3. The van der Waals surface area contributed by atoms with Gasteiger partial charge in [0.15, 0.2) is 0 Å². The summed E-state index contributed by atoms with van der Waals surface area (Å²) in [5.41, 5.74) is 0.873. The van der Waals surface area contributed by atoms with E-state index in [4.69, 9.17) is 4.74 Å². The van der Waals surface area contributed by atoms with Crippen molar-refractivity contribution in [1.82, 2.24) is 4.90 Å². The molecule has 0 saturated carbocycles. The molecule has 1 atom stereocenters. The minimum absolute atomic E-state index is 0.202. The van der Waals surface area contributed by atoms with E-state index in [0.29, 0.717) is 12.3 Å². The zero-order valence-electron chi connectivity index (χ0n) is 13.2. The Morgan fingerprint density at radius 1 is 1.42 bits per heavy atom. The summed E-state index contributed by atoms with van der Waals surface area (Å²) >= 11 is 0. The maximum atomic E-state index is 12.8. The Morgan fingerprint density at radius 3 is 2.83 bits per heavy atom. The van der Waals surface area contributed by atoms with Crippen LogP contribution in [0.15, 0.2) is 24.3 Å². The van der Waals surface area contributed by atoms with E-state index >= 15 is 0 Å². The normalized spacial score (nSPS) is 18.2. The summed E-state index contributed by atoms with van der Waals surface area (Å²) in [4.78, 5) is 13.7. The lowest BCUT2D eigenvalue weighted by molar-refractivity contribution is -0.171. The summed E-state index contributed by atoms with van der Waals surface area (Å²) in [6, 6.07) is 7.04. The third-order valence-electron chi connectivity index (χ3n) is 3.89. The average Bonchev–Trinajstić information content (AvgIpc) is 3.04. The van der Waals surface area contributed by atoms with Gasteiger partial charge < -0.3 is 14.4 Å². The monoisotopic (exact) mass is 349 g/mol. The summed E-state index contributed by atoms with van der Waals surface area (Å²) in [5.74, 6) is -4.10. The molecule has 24 heavy (non-hydrogen) atoms. The van der Waals surface area contributed by atoms with Crippen molar-refractivity contribution in [2.75, 3.05) is 26.9 Å². The molecule has 1 amide bonds. The van der Waals surface area contributed by atoms with E-state index in [1.807, 2.05) is 12.1 Å². The summed E-state index contributed by atoms with van der Waals surface area (Å²) in [6.45, 7) is -1.66. The number of alkyl halides is 4. The number of amides is 1. The van der Waals surface area contributed by atoms with Crippen molar-refractivity contribution in [3.8, 4) is 5.75 Å². The van der Waals surface area contributed by atoms with Crippen LogP contribution < -0.4 is 4.74 Å². The average molecular weight is 349 g/mol. The van der Waals surface area contributed by atoms with Gasteiger partial charge in [-0.1, -0.05) is 12.1 Å². The molecule has 1 aliphatic rings. The Kier molecular flexibility index (Phi) is 6.04. The molecule has 2 rings (SSSR count). The molecule has 1 fully saturated rings. The van der Waals surface area contributed by atoms with Crippen LogP contribution in [0, 0.1) is 0 Å². The van der Waals surface area contributed by atoms with Gasteiger partial charge in [0.25, 0.3) is 0 Å². The van der Waals surface area contributed by atoms with Gasteiger partial charge in [-0.15, -0.1) is 0 Å². The molecule has 1 heterocycles. The fourth-order valence-corrected chi connectivity index (χ4v) is 2.68. The van der Waals surface area contributed by atoms with Crippen LogP contribution in [-0.2, 0) is 9.53 Å². The second-order valence-corrected chi connectivity index (χ2v) is 5.58. The molecule has 0 aromatic heterocycles. The lowest BCUT2D eigenvalue weighted by Gasteiger charge is -2.25. The Labute approximate surface area is 137 Å². The highest BCUT2D eigenvalue weighted by molar-refractivity contribution is 5.78. The van der Waals surface area contributed by atoms with E-state index in [0.717, 1.165) is 18.4 Å². The summed E-state index contributed by atoms with van der Waals surface area (Å²) in [5, 5.41) is 0. The van der Waals surface area contributed by atoms with Gasteiger partial charge in [0, 0.05) is 6.54 Å². The molecule has 134 valence electrons. The number of carbonyl (C=O) groups excluding carboxylic acids is 1.